The van der Waals surface area contributed by atoms with Crippen LogP contribution < -0.4 is 0 Å². The molecule has 0 spiro atoms. The zero-order valence-electron chi connectivity index (χ0n) is 12.5. The molecule has 2 aliphatic rings. The molecular weight excluding hydrogens is 246 g/mol. The van der Waals surface area contributed by atoms with Crippen molar-refractivity contribution >= 4 is 11.0 Å². The predicted octanol–water partition coefficient (Wildman–Crippen LogP) is 3.09. The first-order chi connectivity index (χ1) is 9.71. The molecule has 0 amide bonds. The van der Waals surface area contributed by atoms with Crippen molar-refractivity contribution < 1.29 is 0 Å². The minimum absolute atomic E-state index is 0.394. The normalized spacial score (nSPS) is 30.8. The van der Waals surface area contributed by atoms with Gasteiger partial charge in [-0.05, 0) is 50.6 Å². The zero-order chi connectivity index (χ0) is 13.7. The molecule has 1 aliphatic carbocycles. The van der Waals surface area contributed by atoms with Crippen LogP contribution in [-0.2, 0) is 12.5 Å². The smallest absolute Gasteiger partial charge is 0.0955 e. The largest absolute Gasteiger partial charge is 0.334 e. The highest BCUT2D eigenvalue weighted by molar-refractivity contribution is 5.76. The maximum Gasteiger partial charge on any atom is 0.0955 e. The monoisotopic (exact) mass is 269 g/mol. The zero-order valence-corrected chi connectivity index (χ0v) is 12.5. The molecule has 1 aliphatic heterocycles. The maximum absolute atomic E-state index is 4.46. The average Bonchev–Trinajstić information content (AvgIpc) is 3.02. The van der Waals surface area contributed by atoms with Crippen molar-refractivity contribution in [1.82, 2.24) is 14.5 Å². The summed E-state index contributed by atoms with van der Waals surface area (Å²) in [5, 5.41) is 0. The molecule has 0 radical (unpaired) electrons. The molecule has 1 aromatic heterocycles. The fourth-order valence-corrected chi connectivity index (χ4v) is 4.60. The van der Waals surface area contributed by atoms with Crippen LogP contribution in [0.5, 0.6) is 0 Å². The Balaban J connectivity index is 1.85. The van der Waals surface area contributed by atoms with Crippen LogP contribution in [0, 0.1) is 0 Å². The third-order valence-corrected chi connectivity index (χ3v) is 5.73. The lowest BCUT2D eigenvalue weighted by atomic mass is 9.66. The van der Waals surface area contributed by atoms with Crippen molar-refractivity contribution in [2.75, 3.05) is 13.6 Å². The molecule has 4 rings (SSSR count). The number of aryl methyl sites for hydroxylation is 1. The molecule has 20 heavy (non-hydrogen) atoms. The van der Waals surface area contributed by atoms with E-state index in [0.717, 1.165) is 11.6 Å². The molecule has 1 aromatic carbocycles. The number of imidazole rings is 1. The van der Waals surface area contributed by atoms with E-state index in [9.17, 15) is 0 Å². The van der Waals surface area contributed by atoms with Gasteiger partial charge in [0.05, 0.1) is 17.4 Å². The van der Waals surface area contributed by atoms with Gasteiger partial charge in [-0.1, -0.05) is 18.9 Å². The van der Waals surface area contributed by atoms with Gasteiger partial charge in [0.2, 0.25) is 0 Å². The molecule has 2 fully saturated rings. The number of aromatic nitrogens is 2. The van der Waals surface area contributed by atoms with E-state index in [1.807, 2.05) is 6.33 Å². The molecule has 106 valence electrons. The quantitative estimate of drug-likeness (QED) is 0.793. The van der Waals surface area contributed by atoms with Gasteiger partial charge in [-0.25, -0.2) is 4.98 Å². The summed E-state index contributed by atoms with van der Waals surface area (Å²) in [6.45, 7) is 1.24. The van der Waals surface area contributed by atoms with Crippen molar-refractivity contribution in [2.45, 2.75) is 43.6 Å². The Morgan fingerprint density at radius 3 is 3.00 bits per heavy atom. The first kappa shape index (κ1) is 12.4. The first-order valence-electron chi connectivity index (χ1n) is 7.82. The standard InChI is InChI=1S/C17H23N3/c1-19-10-9-17(8-4-3-5-16(17)19)13-6-7-14-15(11-13)20(2)12-18-14/h6-7,11-12,16H,3-5,8-10H2,1-2H3. The van der Waals surface area contributed by atoms with E-state index in [1.54, 1.807) is 5.56 Å². The molecular formula is C17H23N3. The van der Waals surface area contributed by atoms with E-state index in [2.05, 4.69) is 46.7 Å². The Morgan fingerprint density at radius 2 is 2.10 bits per heavy atom. The predicted molar refractivity (Wildman–Crippen MR) is 81.9 cm³/mol. The maximum atomic E-state index is 4.46. The highest BCUT2D eigenvalue weighted by atomic mass is 15.2. The van der Waals surface area contributed by atoms with Crippen molar-refractivity contribution in [3.8, 4) is 0 Å². The lowest BCUT2D eigenvalue weighted by Crippen LogP contribution is -2.43. The Hall–Kier alpha value is -1.35. The molecule has 3 nitrogen and oxygen atoms in total. The van der Waals surface area contributed by atoms with Gasteiger partial charge in [0.15, 0.2) is 0 Å². The Labute approximate surface area is 120 Å². The number of rotatable bonds is 1. The number of likely N-dealkylation sites (N-methyl/N-ethyl adjacent to an activating group) is 1. The fourth-order valence-electron chi connectivity index (χ4n) is 4.60. The summed E-state index contributed by atoms with van der Waals surface area (Å²) in [5.74, 6) is 0. The van der Waals surface area contributed by atoms with Gasteiger partial charge >= 0.3 is 0 Å². The van der Waals surface area contributed by atoms with Crippen LogP contribution in [0.2, 0.25) is 0 Å². The molecule has 0 N–H and O–H groups in total. The molecule has 2 aromatic rings. The number of benzene rings is 1. The molecule has 2 heterocycles. The first-order valence-corrected chi connectivity index (χ1v) is 7.82. The van der Waals surface area contributed by atoms with Crippen LogP contribution >= 0.6 is 0 Å². The van der Waals surface area contributed by atoms with Crippen molar-refractivity contribution in [3.63, 3.8) is 0 Å². The van der Waals surface area contributed by atoms with E-state index in [1.165, 1.54) is 44.2 Å². The summed E-state index contributed by atoms with van der Waals surface area (Å²) in [7, 11) is 4.40. The Morgan fingerprint density at radius 1 is 1.20 bits per heavy atom. The van der Waals surface area contributed by atoms with Gasteiger partial charge < -0.3 is 9.47 Å². The Kier molecular flexibility index (Phi) is 2.68. The van der Waals surface area contributed by atoms with Gasteiger partial charge in [0.1, 0.15) is 0 Å². The average molecular weight is 269 g/mol. The van der Waals surface area contributed by atoms with Gasteiger partial charge in [-0.3, -0.25) is 0 Å². The van der Waals surface area contributed by atoms with Crippen molar-refractivity contribution in [1.29, 1.82) is 0 Å². The topological polar surface area (TPSA) is 21.1 Å². The number of likely N-dealkylation sites (tertiary alicyclic amines) is 1. The van der Waals surface area contributed by atoms with Crippen molar-refractivity contribution in [3.05, 3.63) is 30.1 Å². The van der Waals surface area contributed by atoms with Crippen LogP contribution in [0.15, 0.2) is 24.5 Å². The van der Waals surface area contributed by atoms with Crippen LogP contribution in [0.4, 0.5) is 0 Å². The number of fused-ring (bicyclic) bond motifs is 2. The molecule has 2 atom stereocenters. The molecule has 1 saturated carbocycles. The number of hydrogen-bond donors (Lipinski definition) is 0. The van der Waals surface area contributed by atoms with E-state index < -0.39 is 0 Å². The van der Waals surface area contributed by atoms with Gasteiger partial charge in [-0.15, -0.1) is 0 Å². The summed E-state index contributed by atoms with van der Waals surface area (Å²) >= 11 is 0. The van der Waals surface area contributed by atoms with Gasteiger partial charge in [-0.2, -0.15) is 0 Å². The third kappa shape index (κ3) is 1.59. The second-order valence-electron chi connectivity index (χ2n) is 6.71. The van der Waals surface area contributed by atoms with Crippen LogP contribution in [-0.4, -0.2) is 34.1 Å². The number of hydrogen-bond acceptors (Lipinski definition) is 2. The summed E-state index contributed by atoms with van der Waals surface area (Å²) in [6.07, 6.45) is 8.73. The van der Waals surface area contributed by atoms with E-state index in [-0.39, 0.29) is 0 Å². The fraction of sp³-hybridized carbons (Fsp3) is 0.588. The third-order valence-electron chi connectivity index (χ3n) is 5.73. The number of nitrogens with zero attached hydrogens (tertiary/aromatic N) is 3. The lowest BCUT2D eigenvalue weighted by Gasteiger charge is -2.41. The van der Waals surface area contributed by atoms with E-state index in [4.69, 9.17) is 0 Å². The molecule has 0 bridgehead atoms. The van der Waals surface area contributed by atoms with Crippen LogP contribution in [0.3, 0.4) is 0 Å². The second-order valence-corrected chi connectivity index (χ2v) is 6.71. The van der Waals surface area contributed by atoms with E-state index >= 15 is 0 Å². The highest BCUT2D eigenvalue weighted by Gasteiger charge is 2.48. The van der Waals surface area contributed by atoms with Crippen LogP contribution in [0.1, 0.15) is 37.7 Å². The van der Waals surface area contributed by atoms with Crippen molar-refractivity contribution in [2.24, 2.45) is 7.05 Å². The summed E-state index contributed by atoms with van der Waals surface area (Å²) in [6, 6.07) is 7.69. The summed E-state index contributed by atoms with van der Waals surface area (Å²) < 4.78 is 2.14. The lowest BCUT2D eigenvalue weighted by molar-refractivity contribution is 0.182. The highest BCUT2D eigenvalue weighted by Crippen LogP contribution is 2.48. The minimum atomic E-state index is 0.394. The van der Waals surface area contributed by atoms with E-state index in [0.29, 0.717) is 5.41 Å². The van der Waals surface area contributed by atoms with Crippen LogP contribution in [0.25, 0.3) is 11.0 Å². The Bertz CT molecular complexity index is 641. The van der Waals surface area contributed by atoms with Gasteiger partial charge in [0.25, 0.3) is 0 Å². The molecule has 2 unspecified atom stereocenters. The van der Waals surface area contributed by atoms with Gasteiger partial charge in [0, 0.05) is 18.5 Å². The second kappa shape index (κ2) is 4.32. The molecule has 1 saturated heterocycles. The summed E-state index contributed by atoms with van der Waals surface area (Å²) in [5.41, 5.74) is 4.33. The SMILES string of the molecule is CN1CCC2(c3ccc4ncn(C)c4c3)CCCCC12. The summed E-state index contributed by atoms with van der Waals surface area (Å²) in [4.78, 5) is 7.05. The molecule has 3 heteroatoms. The minimum Gasteiger partial charge on any atom is -0.334 e.